The van der Waals surface area contributed by atoms with Gasteiger partial charge in [-0.3, -0.25) is 9.48 Å². The summed E-state index contributed by atoms with van der Waals surface area (Å²) in [4.78, 5) is 21.2. The van der Waals surface area contributed by atoms with Gasteiger partial charge in [0.05, 0.1) is 18.2 Å². The number of aromatic nitrogens is 4. The van der Waals surface area contributed by atoms with Gasteiger partial charge in [-0.2, -0.15) is 5.10 Å². The third-order valence-corrected chi connectivity index (χ3v) is 5.76. The van der Waals surface area contributed by atoms with E-state index in [1.165, 1.54) is 12.5 Å². The van der Waals surface area contributed by atoms with Crippen LogP contribution in [0.3, 0.4) is 0 Å². The second kappa shape index (κ2) is 8.71. The summed E-state index contributed by atoms with van der Waals surface area (Å²) in [6.45, 7) is 2.28. The predicted molar refractivity (Wildman–Crippen MR) is 110 cm³/mol. The Morgan fingerprint density at radius 1 is 1.30 bits per heavy atom. The van der Waals surface area contributed by atoms with Crippen molar-refractivity contribution in [3.63, 3.8) is 0 Å². The van der Waals surface area contributed by atoms with E-state index < -0.39 is 12.2 Å². The van der Waals surface area contributed by atoms with Crippen LogP contribution < -0.4 is 5.32 Å². The van der Waals surface area contributed by atoms with Crippen molar-refractivity contribution in [1.82, 2.24) is 19.7 Å². The minimum atomic E-state index is -1.13. The number of ketones is 1. The van der Waals surface area contributed by atoms with Gasteiger partial charge in [0, 0.05) is 19.0 Å². The highest BCUT2D eigenvalue weighted by Gasteiger charge is 2.41. The lowest BCUT2D eigenvalue weighted by Crippen LogP contribution is -2.29. The summed E-state index contributed by atoms with van der Waals surface area (Å²) in [6.07, 6.45) is 3.83. The maximum absolute atomic E-state index is 14.7. The van der Waals surface area contributed by atoms with Crippen molar-refractivity contribution in [1.29, 1.82) is 0 Å². The SMILES string of the molecule is C[C@@H]1[C@@H](CO)C[C@@H](Nc2ncncc2C(=O)c2ccn(Cc3ccccc3)n2)[C@H]1F. The molecule has 2 N–H and O–H groups in total. The largest absolute Gasteiger partial charge is 0.396 e. The highest BCUT2D eigenvalue weighted by molar-refractivity contribution is 6.10. The summed E-state index contributed by atoms with van der Waals surface area (Å²) in [6, 6.07) is 11.0. The molecule has 30 heavy (non-hydrogen) atoms. The monoisotopic (exact) mass is 409 g/mol. The minimum absolute atomic E-state index is 0.0613. The van der Waals surface area contributed by atoms with Crippen LogP contribution in [0, 0.1) is 11.8 Å². The first-order valence-electron chi connectivity index (χ1n) is 10.0. The molecule has 4 atom stereocenters. The molecule has 156 valence electrons. The van der Waals surface area contributed by atoms with E-state index in [1.807, 2.05) is 30.3 Å². The van der Waals surface area contributed by atoms with Gasteiger partial charge in [0.2, 0.25) is 5.78 Å². The van der Waals surface area contributed by atoms with Gasteiger partial charge in [-0.25, -0.2) is 14.4 Å². The molecular formula is C22H24FN5O2. The number of hydrogen-bond acceptors (Lipinski definition) is 6. The van der Waals surface area contributed by atoms with E-state index in [1.54, 1.807) is 23.9 Å². The van der Waals surface area contributed by atoms with Crippen molar-refractivity contribution in [2.24, 2.45) is 11.8 Å². The van der Waals surface area contributed by atoms with Crippen LogP contribution in [0.25, 0.3) is 0 Å². The van der Waals surface area contributed by atoms with E-state index >= 15 is 0 Å². The van der Waals surface area contributed by atoms with Gasteiger partial charge in [-0.15, -0.1) is 0 Å². The molecule has 0 bridgehead atoms. The van der Waals surface area contributed by atoms with E-state index in [9.17, 15) is 14.3 Å². The number of carbonyl (C=O) groups is 1. The normalized spacial score (nSPS) is 23.4. The number of nitrogens with zero attached hydrogens (tertiary/aromatic N) is 4. The molecule has 1 aliphatic carbocycles. The summed E-state index contributed by atoms with van der Waals surface area (Å²) in [5, 5.41) is 16.9. The first kappa shape index (κ1) is 20.2. The summed E-state index contributed by atoms with van der Waals surface area (Å²) in [5.41, 5.74) is 1.59. The van der Waals surface area contributed by atoms with E-state index in [2.05, 4.69) is 20.4 Å². The quantitative estimate of drug-likeness (QED) is 0.583. The van der Waals surface area contributed by atoms with Crippen LogP contribution in [0.4, 0.5) is 10.2 Å². The number of anilines is 1. The zero-order chi connectivity index (χ0) is 21.1. The van der Waals surface area contributed by atoms with Gasteiger partial charge in [0.25, 0.3) is 0 Å². The fraction of sp³-hybridized carbons (Fsp3) is 0.364. The molecule has 0 spiro atoms. The van der Waals surface area contributed by atoms with E-state index in [0.717, 1.165) is 5.56 Å². The number of aliphatic hydroxyl groups excluding tert-OH is 1. The lowest BCUT2D eigenvalue weighted by atomic mass is 9.99. The minimum Gasteiger partial charge on any atom is -0.396 e. The summed E-state index contributed by atoms with van der Waals surface area (Å²) in [7, 11) is 0. The number of nitrogens with one attached hydrogen (secondary N) is 1. The maximum Gasteiger partial charge on any atom is 0.218 e. The summed E-state index contributed by atoms with van der Waals surface area (Å²) in [5.74, 6) is -0.425. The molecule has 0 radical (unpaired) electrons. The lowest BCUT2D eigenvalue weighted by molar-refractivity contribution is 0.103. The fourth-order valence-electron chi connectivity index (χ4n) is 3.94. The third-order valence-electron chi connectivity index (χ3n) is 5.76. The smallest absolute Gasteiger partial charge is 0.218 e. The topological polar surface area (TPSA) is 92.9 Å². The number of benzene rings is 1. The van der Waals surface area contributed by atoms with Crippen molar-refractivity contribution >= 4 is 11.6 Å². The van der Waals surface area contributed by atoms with E-state index in [-0.39, 0.29) is 41.3 Å². The zero-order valence-corrected chi connectivity index (χ0v) is 16.6. The molecule has 0 amide bonds. The maximum atomic E-state index is 14.7. The predicted octanol–water partition coefficient (Wildman–Crippen LogP) is 2.72. The van der Waals surface area contributed by atoms with E-state index in [4.69, 9.17) is 0 Å². The number of rotatable bonds is 7. The molecule has 1 saturated carbocycles. The Balaban J connectivity index is 1.52. The van der Waals surface area contributed by atoms with Gasteiger partial charge in [0.1, 0.15) is 24.0 Å². The van der Waals surface area contributed by atoms with Gasteiger partial charge in [-0.1, -0.05) is 37.3 Å². The molecule has 7 nitrogen and oxygen atoms in total. The number of hydrogen-bond donors (Lipinski definition) is 2. The standard InChI is InChI=1S/C22H24FN5O2/c1-14-16(12-29)9-19(20(14)23)26-22-17(10-24-13-25-22)21(30)18-7-8-28(27-18)11-15-5-3-2-4-6-15/h2-8,10,13-14,16,19-20,29H,9,11-12H2,1H3,(H,24,25,26)/t14-,16-,19-,20+/m1/s1. The molecule has 1 fully saturated rings. The van der Waals surface area contributed by atoms with Crippen LogP contribution in [0.15, 0.2) is 55.1 Å². The van der Waals surface area contributed by atoms with Gasteiger partial charge in [-0.05, 0) is 29.9 Å². The number of alkyl halides is 1. The molecule has 0 saturated heterocycles. The molecule has 1 aromatic carbocycles. The molecule has 0 unspecified atom stereocenters. The Hall–Kier alpha value is -3.13. The average molecular weight is 409 g/mol. The molecule has 2 aromatic heterocycles. The van der Waals surface area contributed by atoms with E-state index in [0.29, 0.717) is 13.0 Å². The lowest BCUT2D eigenvalue weighted by Gasteiger charge is -2.18. The van der Waals surface area contributed by atoms with Crippen molar-refractivity contribution in [2.45, 2.75) is 32.1 Å². The molecular weight excluding hydrogens is 385 g/mol. The van der Waals surface area contributed by atoms with Crippen LogP contribution in [-0.4, -0.2) is 49.5 Å². The number of halogens is 1. The molecule has 8 heteroatoms. The van der Waals surface area contributed by atoms with Gasteiger partial charge < -0.3 is 10.4 Å². The van der Waals surface area contributed by atoms with Crippen LogP contribution >= 0.6 is 0 Å². The molecule has 4 rings (SSSR count). The second-order valence-corrected chi connectivity index (χ2v) is 7.73. The Morgan fingerprint density at radius 3 is 2.83 bits per heavy atom. The summed E-state index contributed by atoms with van der Waals surface area (Å²) >= 11 is 0. The van der Waals surface area contributed by atoms with Crippen molar-refractivity contribution < 1.29 is 14.3 Å². The molecule has 2 heterocycles. The molecule has 3 aromatic rings. The van der Waals surface area contributed by atoms with Gasteiger partial charge >= 0.3 is 0 Å². The Morgan fingerprint density at radius 2 is 2.10 bits per heavy atom. The summed E-state index contributed by atoms with van der Waals surface area (Å²) < 4.78 is 16.3. The fourth-order valence-corrected chi connectivity index (χ4v) is 3.94. The van der Waals surface area contributed by atoms with Crippen molar-refractivity contribution in [2.75, 3.05) is 11.9 Å². The van der Waals surface area contributed by atoms with Crippen LogP contribution in [0.5, 0.6) is 0 Å². The Bertz CT molecular complexity index is 1010. The Kier molecular flexibility index (Phi) is 5.85. The number of aliphatic hydroxyl groups is 1. The van der Waals surface area contributed by atoms with Crippen LogP contribution in [-0.2, 0) is 6.54 Å². The molecule has 1 aliphatic rings. The van der Waals surface area contributed by atoms with Crippen molar-refractivity contribution in [3.8, 4) is 0 Å². The first-order valence-corrected chi connectivity index (χ1v) is 10.0. The van der Waals surface area contributed by atoms with Crippen molar-refractivity contribution in [3.05, 3.63) is 71.9 Å². The second-order valence-electron chi connectivity index (χ2n) is 7.73. The van der Waals surface area contributed by atoms with Crippen LogP contribution in [0.2, 0.25) is 0 Å². The molecule has 0 aliphatic heterocycles. The highest BCUT2D eigenvalue weighted by atomic mass is 19.1. The average Bonchev–Trinajstić information content (AvgIpc) is 3.34. The highest BCUT2D eigenvalue weighted by Crippen LogP contribution is 2.36. The van der Waals surface area contributed by atoms with Crippen LogP contribution in [0.1, 0.15) is 35.0 Å². The number of carbonyl (C=O) groups excluding carboxylic acids is 1. The third kappa shape index (κ3) is 4.09. The Labute approximate surface area is 174 Å². The first-order chi connectivity index (χ1) is 14.6. The zero-order valence-electron chi connectivity index (χ0n) is 16.6. The van der Waals surface area contributed by atoms with Gasteiger partial charge in [0.15, 0.2) is 0 Å².